The minimum absolute atomic E-state index is 0.274. The van der Waals surface area contributed by atoms with Crippen LogP contribution in [-0.2, 0) is 21.9 Å². The van der Waals surface area contributed by atoms with Crippen LogP contribution in [-0.4, -0.2) is 27.3 Å². The molecule has 0 aliphatic carbocycles. The number of esters is 1. The Hall–Kier alpha value is -3.75. The second-order valence-corrected chi connectivity index (χ2v) is 11.4. The largest absolute Gasteiger partial charge is 0.489 e. The molecule has 3 aromatic carbocycles. The van der Waals surface area contributed by atoms with Crippen LogP contribution in [0.2, 0.25) is 5.02 Å². The van der Waals surface area contributed by atoms with E-state index < -0.39 is 6.04 Å². The number of allylic oxidation sites excluding steroid dienone is 1. The Balaban J connectivity index is 1.41. The van der Waals surface area contributed by atoms with Crippen LogP contribution in [0.4, 0.5) is 5.95 Å². The minimum Gasteiger partial charge on any atom is -0.489 e. The van der Waals surface area contributed by atoms with Crippen molar-refractivity contribution in [3.05, 3.63) is 110 Å². The zero-order chi connectivity index (χ0) is 29.1. The van der Waals surface area contributed by atoms with Crippen LogP contribution >= 0.6 is 23.4 Å². The van der Waals surface area contributed by atoms with Crippen LogP contribution in [0, 0.1) is 20.8 Å². The lowest BCUT2D eigenvalue weighted by Crippen LogP contribution is -2.29. The highest BCUT2D eigenvalue weighted by atomic mass is 35.5. The van der Waals surface area contributed by atoms with E-state index in [2.05, 4.69) is 38.2 Å². The smallest absolute Gasteiger partial charge is 0.338 e. The summed E-state index contributed by atoms with van der Waals surface area (Å²) >= 11 is 7.84. The molecule has 9 heteroatoms. The van der Waals surface area contributed by atoms with Crippen molar-refractivity contribution in [3.63, 3.8) is 0 Å². The molecule has 7 nitrogen and oxygen atoms in total. The molecule has 1 unspecified atom stereocenters. The maximum Gasteiger partial charge on any atom is 0.338 e. The Labute approximate surface area is 249 Å². The molecule has 41 heavy (non-hydrogen) atoms. The van der Waals surface area contributed by atoms with E-state index in [1.54, 1.807) is 11.6 Å². The van der Waals surface area contributed by atoms with E-state index in [-0.39, 0.29) is 12.6 Å². The number of carbonyl (C=O) groups is 1. The fourth-order valence-electron chi connectivity index (χ4n) is 4.81. The summed E-state index contributed by atoms with van der Waals surface area (Å²) in [4.78, 5) is 17.9. The topological polar surface area (TPSA) is 78.3 Å². The van der Waals surface area contributed by atoms with E-state index in [9.17, 15) is 4.79 Å². The number of hydrogen-bond donors (Lipinski definition) is 1. The number of rotatable bonds is 9. The SMILES string of the molecule is CCOC(=O)C1=C(C)Nc2nc(SCc3ccccc3Cl)nn2C1c1ccc(OCc2cc(C)c(C)cc2C)cc1. The van der Waals surface area contributed by atoms with Gasteiger partial charge in [-0.05, 0) is 86.2 Å². The number of carbonyl (C=O) groups excluding carboxylic acids is 1. The Morgan fingerprint density at radius 2 is 1.73 bits per heavy atom. The number of aromatic nitrogens is 3. The number of benzene rings is 3. The second-order valence-electron chi connectivity index (χ2n) is 10.0. The molecule has 1 N–H and O–H groups in total. The van der Waals surface area contributed by atoms with Crippen molar-refractivity contribution in [2.75, 3.05) is 11.9 Å². The van der Waals surface area contributed by atoms with Gasteiger partial charge in [-0.2, -0.15) is 4.98 Å². The maximum atomic E-state index is 13.1. The lowest BCUT2D eigenvalue weighted by molar-refractivity contribution is -0.139. The molecule has 212 valence electrons. The molecule has 2 heterocycles. The summed E-state index contributed by atoms with van der Waals surface area (Å²) in [5.41, 5.74) is 7.94. The summed E-state index contributed by atoms with van der Waals surface area (Å²) in [5.74, 6) is 1.54. The highest BCUT2D eigenvalue weighted by molar-refractivity contribution is 7.98. The number of nitrogens with zero attached hydrogens (tertiary/aromatic N) is 3. The van der Waals surface area contributed by atoms with Gasteiger partial charge in [0.2, 0.25) is 11.1 Å². The van der Waals surface area contributed by atoms with Gasteiger partial charge in [-0.15, -0.1) is 5.10 Å². The summed E-state index contributed by atoms with van der Waals surface area (Å²) < 4.78 is 13.3. The van der Waals surface area contributed by atoms with E-state index in [1.807, 2.05) is 55.5 Å². The molecule has 0 saturated heterocycles. The first kappa shape index (κ1) is 28.8. The van der Waals surface area contributed by atoms with E-state index in [0.29, 0.717) is 39.8 Å². The Kier molecular flexibility index (Phi) is 8.71. The summed E-state index contributed by atoms with van der Waals surface area (Å²) in [7, 11) is 0. The van der Waals surface area contributed by atoms with Crippen LogP contribution in [0.1, 0.15) is 53.3 Å². The number of anilines is 1. The molecule has 1 aromatic heterocycles. The molecule has 0 fully saturated rings. The summed E-state index contributed by atoms with van der Waals surface area (Å²) in [5, 5.41) is 9.33. The highest BCUT2D eigenvalue weighted by Gasteiger charge is 2.35. The van der Waals surface area contributed by atoms with Crippen molar-refractivity contribution in [1.29, 1.82) is 0 Å². The second kappa shape index (κ2) is 12.4. The van der Waals surface area contributed by atoms with Gasteiger partial charge in [0.25, 0.3) is 0 Å². The van der Waals surface area contributed by atoms with E-state index in [1.165, 1.54) is 28.5 Å². The van der Waals surface area contributed by atoms with Crippen LogP contribution in [0.15, 0.2) is 77.1 Å². The van der Waals surface area contributed by atoms with Crippen LogP contribution in [0.25, 0.3) is 0 Å². The molecular weight excluding hydrogens is 556 g/mol. The summed E-state index contributed by atoms with van der Waals surface area (Å²) in [6.07, 6.45) is 0. The van der Waals surface area contributed by atoms with Crippen molar-refractivity contribution in [2.24, 2.45) is 0 Å². The van der Waals surface area contributed by atoms with E-state index >= 15 is 0 Å². The van der Waals surface area contributed by atoms with Crippen LogP contribution in [0.3, 0.4) is 0 Å². The molecule has 0 saturated carbocycles. The molecule has 0 bridgehead atoms. The fraction of sp³-hybridized carbons (Fsp3) is 0.281. The molecule has 0 spiro atoms. The number of halogens is 1. The number of nitrogens with one attached hydrogen (secondary N) is 1. The first-order valence-electron chi connectivity index (χ1n) is 13.5. The van der Waals surface area contributed by atoms with Gasteiger partial charge in [0.05, 0.1) is 12.2 Å². The van der Waals surface area contributed by atoms with Gasteiger partial charge in [-0.3, -0.25) is 0 Å². The third-order valence-corrected chi connectivity index (χ3v) is 8.44. The number of ether oxygens (including phenoxy) is 2. The van der Waals surface area contributed by atoms with Crippen molar-refractivity contribution < 1.29 is 14.3 Å². The van der Waals surface area contributed by atoms with Gasteiger partial charge in [0.1, 0.15) is 18.4 Å². The minimum atomic E-state index is -0.511. The Bertz CT molecular complexity index is 1610. The zero-order valence-electron chi connectivity index (χ0n) is 23.8. The Morgan fingerprint density at radius 3 is 2.46 bits per heavy atom. The molecule has 1 aliphatic heterocycles. The van der Waals surface area contributed by atoms with E-state index in [0.717, 1.165) is 22.4 Å². The maximum absolute atomic E-state index is 13.1. The first-order chi connectivity index (χ1) is 19.7. The zero-order valence-corrected chi connectivity index (χ0v) is 25.4. The number of aryl methyl sites for hydroxylation is 3. The van der Waals surface area contributed by atoms with Gasteiger partial charge in [-0.25, -0.2) is 9.48 Å². The normalized spacial score (nSPS) is 14.4. The van der Waals surface area contributed by atoms with Crippen molar-refractivity contribution in [1.82, 2.24) is 14.8 Å². The molecular formula is C32H33ClN4O3S. The van der Waals surface area contributed by atoms with Gasteiger partial charge in [0, 0.05) is 16.5 Å². The van der Waals surface area contributed by atoms with Crippen molar-refractivity contribution in [2.45, 2.75) is 58.2 Å². The third kappa shape index (κ3) is 6.29. The predicted octanol–water partition coefficient (Wildman–Crippen LogP) is 7.58. The standard InChI is InChI=1S/C32H33ClN4O3S/c1-6-39-30(38)28-22(5)34-31-35-32(41-18-24-9-7-8-10-27(24)33)36-37(31)29(28)23-11-13-26(14-12-23)40-17-25-16-20(3)19(2)15-21(25)4/h7-16,29H,6,17-18H2,1-5H3,(H,34,35,36). The summed E-state index contributed by atoms with van der Waals surface area (Å²) in [6, 6.07) is 19.4. The lowest BCUT2D eigenvalue weighted by Gasteiger charge is -2.28. The molecule has 0 amide bonds. The summed E-state index contributed by atoms with van der Waals surface area (Å²) in [6.45, 7) is 10.7. The molecule has 1 atom stereocenters. The lowest BCUT2D eigenvalue weighted by atomic mass is 9.96. The molecule has 0 radical (unpaired) electrons. The predicted molar refractivity (Wildman–Crippen MR) is 164 cm³/mol. The Morgan fingerprint density at radius 1 is 1.00 bits per heavy atom. The number of hydrogen-bond acceptors (Lipinski definition) is 7. The number of thioether (sulfide) groups is 1. The fourth-order valence-corrected chi connectivity index (χ4v) is 5.93. The quantitative estimate of drug-likeness (QED) is 0.159. The molecule has 4 aromatic rings. The number of fused-ring (bicyclic) bond motifs is 1. The first-order valence-corrected chi connectivity index (χ1v) is 14.9. The van der Waals surface area contributed by atoms with Gasteiger partial charge in [0.15, 0.2) is 0 Å². The third-order valence-electron chi connectivity index (χ3n) is 7.19. The van der Waals surface area contributed by atoms with Gasteiger partial charge >= 0.3 is 5.97 Å². The van der Waals surface area contributed by atoms with E-state index in [4.69, 9.17) is 31.2 Å². The van der Waals surface area contributed by atoms with Crippen LogP contribution in [0.5, 0.6) is 5.75 Å². The average molecular weight is 589 g/mol. The monoisotopic (exact) mass is 588 g/mol. The molecule has 1 aliphatic rings. The van der Waals surface area contributed by atoms with Crippen molar-refractivity contribution >= 4 is 35.3 Å². The van der Waals surface area contributed by atoms with Crippen LogP contribution < -0.4 is 10.1 Å². The van der Waals surface area contributed by atoms with Gasteiger partial charge in [-0.1, -0.05) is 65.8 Å². The van der Waals surface area contributed by atoms with Gasteiger partial charge < -0.3 is 14.8 Å². The average Bonchev–Trinajstić information content (AvgIpc) is 3.36. The van der Waals surface area contributed by atoms with Crippen molar-refractivity contribution in [3.8, 4) is 5.75 Å². The highest BCUT2D eigenvalue weighted by Crippen LogP contribution is 2.38. The molecule has 5 rings (SSSR count).